The summed E-state index contributed by atoms with van der Waals surface area (Å²) in [5.41, 5.74) is 2.62. The summed E-state index contributed by atoms with van der Waals surface area (Å²) in [5.74, 6) is -1.27. The Morgan fingerprint density at radius 1 is 1.00 bits per heavy atom. The van der Waals surface area contributed by atoms with E-state index >= 15 is 0 Å². The van der Waals surface area contributed by atoms with Gasteiger partial charge < -0.3 is 14.8 Å². The van der Waals surface area contributed by atoms with Crippen molar-refractivity contribution in [3.63, 3.8) is 0 Å². The molecule has 1 saturated heterocycles. The molecule has 1 N–H and O–H groups in total. The van der Waals surface area contributed by atoms with Crippen LogP contribution in [0, 0.1) is 0 Å². The third-order valence-corrected chi connectivity index (χ3v) is 8.05. The first-order chi connectivity index (χ1) is 20.5. The van der Waals surface area contributed by atoms with Gasteiger partial charge in [0.1, 0.15) is 5.70 Å². The minimum absolute atomic E-state index is 0.0518. The zero-order valence-electron chi connectivity index (χ0n) is 22.5. The maximum absolute atomic E-state index is 14.0. The molecule has 6 rings (SSSR count). The fourth-order valence-corrected chi connectivity index (χ4v) is 5.68. The lowest BCUT2D eigenvalue weighted by atomic mass is 9.98. The van der Waals surface area contributed by atoms with Gasteiger partial charge in [0.15, 0.2) is 18.4 Å². The highest BCUT2D eigenvalue weighted by Crippen LogP contribution is 2.37. The molecular weight excluding hydrogens is 556 g/mol. The Labute approximate surface area is 245 Å². The van der Waals surface area contributed by atoms with Gasteiger partial charge in [-0.15, -0.1) is 5.10 Å². The van der Waals surface area contributed by atoms with Crippen molar-refractivity contribution in [1.29, 1.82) is 0 Å². The summed E-state index contributed by atoms with van der Waals surface area (Å²) in [7, 11) is 1.71. The smallest absolute Gasteiger partial charge is 0.356 e. The number of fused-ring (bicyclic) bond motifs is 1. The van der Waals surface area contributed by atoms with Crippen LogP contribution in [0.25, 0.3) is 0 Å². The van der Waals surface area contributed by atoms with Gasteiger partial charge in [0, 0.05) is 18.4 Å². The number of ether oxygens (including phenoxy) is 2. The molecule has 12 heteroatoms. The van der Waals surface area contributed by atoms with Gasteiger partial charge in [-0.05, 0) is 39.3 Å². The average Bonchev–Trinajstić information content (AvgIpc) is 3.46. The summed E-state index contributed by atoms with van der Waals surface area (Å²) in [6.45, 7) is 0.0518. The molecule has 1 aromatic heterocycles. The van der Waals surface area contributed by atoms with Gasteiger partial charge in [-0.25, -0.2) is 9.48 Å². The van der Waals surface area contributed by atoms with Gasteiger partial charge in [-0.2, -0.15) is 0 Å². The number of tetrazole rings is 1. The number of thioether (sulfide) groups is 1. The number of carbonyl (C=O) groups excluding carboxylic acids is 3. The number of hydrogen-bond donors (Lipinski definition) is 1. The molecule has 212 valence electrons. The second-order valence-corrected chi connectivity index (χ2v) is 10.6. The van der Waals surface area contributed by atoms with Crippen molar-refractivity contribution < 1.29 is 23.9 Å². The van der Waals surface area contributed by atoms with Crippen LogP contribution in [0.4, 0.5) is 0 Å². The summed E-state index contributed by atoms with van der Waals surface area (Å²) in [4.78, 5) is 41.6. The standard InChI is InChI=1S/C30H26N6O5S/c1-35-30(32-33-34-35)42-18-22-17-40-28-23(31-26(37)21-15-9-4-10-16-21)27(38)36(28)24(22)29(39)41-25(19-11-5-2-6-12-19)20-13-7-3-8-14-20/h2-16,23,25,28H,17-18H2,1H3,(H,31,37)/t23-,28+/m0/s1. The summed E-state index contributed by atoms with van der Waals surface area (Å²) < 4.78 is 13.7. The first-order valence-corrected chi connectivity index (χ1v) is 14.2. The van der Waals surface area contributed by atoms with Gasteiger partial charge in [-0.1, -0.05) is 90.6 Å². The SMILES string of the molecule is Cn1nnnc1SCC1=C(C(=O)OC(c2ccccc2)c2ccccc2)N2C(=O)[C@H](NC(=O)c3ccccc3)[C@H]2OC1. The molecule has 0 saturated carbocycles. The lowest BCUT2D eigenvalue weighted by molar-refractivity contribution is -0.184. The maximum atomic E-state index is 14.0. The van der Waals surface area contributed by atoms with Gasteiger partial charge in [0.25, 0.3) is 11.8 Å². The van der Waals surface area contributed by atoms with Gasteiger partial charge in [0.2, 0.25) is 5.16 Å². The second-order valence-electron chi connectivity index (χ2n) is 9.66. The van der Waals surface area contributed by atoms with Crippen LogP contribution in [-0.2, 0) is 26.1 Å². The number of β-lactam (4-membered cyclic amide) rings is 1. The van der Waals surface area contributed by atoms with E-state index in [2.05, 4.69) is 20.8 Å². The lowest BCUT2D eigenvalue weighted by Crippen LogP contribution is -2.73. The average molecular weight is 583 g/mol. The number of nitrogens with zero attached hydrogens (tertiary/aromatic N) is 5. The molecule has 0 unspecified atom stereocenters. The first-order valence-electron chi connectivity index (χ1n) is 13.2. The van der Waals surface area contributed by atoms with Gasteiger partial charge in [-0.3, -0.25) is 14.5 Å². The second kappa shape index (κ2) is 12.0. The molecule has 0 spiro atoms. The van der Waals surface area contributed by atoms with Crippen molar-refractivity contribution >= 4 is 29.5 Å². The van der Waals surface area contributed by atoms with Crippen LogP contribution in [-0.4, -0.2) is 67.5 Å². The number of nitrogens with one attached hydrogen (secondary N) is 1. The van der Waals surface area contributed by atoms with Crippen LogP contribution >= 0.6 is 11.8 Å². The Morgan fingerprint density at radius 2 is 1.62 bits per heavy atom. The van der Waals surface area contributed by atoms with Crippen LogP contribution in [0.3, 0.4) is 0 Å². The largest absolute Gasteiger partial charge is 0.448 e. The fourth-order valence-electron chi connectivity index (χ4n) is 4.84. The van der Waals surface area contributed by atoms with E-state index in [9.17, 15) is 14.4 Å². The minimum Gasteiger partial charge on any atom is -0.448 e. The van der Waals surface area contributed by atoms with Crippen molar-refractivity contribution in [2.24, 2.45) is 7.05 Å². The zero-order valence-corrected chi connectivity index (χ0v) is 23.3. The highest BCUT2D eigenvalue weighted by atomic mass is 32.2. The van der Waals surface area contributed by atoms with Crippen LogP contribution < -0.4 is 5.32 Å². The van der Waals surface area contributed by atoms with E-state index < -0.39 is 36.2 Å². The number of aromatic nitrogens is 4. The molecule has 1 fully saturated rings. The molecular formula is C30H26N6O5S. The summed E-state index contributed by atoms with van der Waals surface area (Å²) in [5, 5.41) is 14.8. The fraction of sp³-hybridized carbons (Fsp3) is 0.200. The summed E-state index contributed by atoms with van der Waals surface area (Å²) >= 11 is 1.30. The Hall–Kier alpha value is -4.81. The van der Waals surface area contributed by atoms with E-state index in [1.165, 1.54) is 21.3 Å². The molecule has 11 nitrogen and oxygen atoms in total. The molecule has 2 aliphatic rings. The molecule has 2 aliphatic heterocycles. The lowest BCUT2D eigenvalue weighted by Gasteiger charge is -2.49. The van der Waals surface area contributed by atoms with Crippen molar-refractivity contribution in [1.82, 2.24) is 30.4 Å². The molecule has 4 aromatic rings. The van der Waals surface area contributed by atoms with Crippen molar-refractivity contribution in [3.05, 3.63) is 119 Å². The van der Waals surface area contributed by atoms with Crippen LogP contribution in [0.1, 0.15) is 27.6 Å². The van der Waals surface area contributed by atoms with Crippen molar-refractivity contribution in [2.45, 2.75) is 23.5 Å². The maximum Gasteiger partial charge on any atom is 0.356 e. The third-order valence-electron chi connectivity index (χ3n) is 6.95. The summed E-state index contributed by atoms with van der Waals surface area (Å²) in [6, 6.07) is 26.4. The molecule has 0 bridgehead atoms. The monoisotopic (exact) mass is 582 g/mol. The van der Waals surface area contributed by atoms with Crippen LogP contribution in [0.2, 0.25) is 0 Å². The molecule has 2 amide bonds. The Morgan fingerprint density at radius 3 is 2.21 bits per heavy atom. The van der Waals surface area contributed by atoms with Crippen LogP contribution in [0.5, 0.6) is 0 Å². The number of carbonyl (C=O) groups is 3. The van der Waals surface area contributed by atoms with Gasteiger partial charge >= 0.3 is 5.97 Å². The zero-order chi connectivity index (χ0) is 29.1. The van der Waals surface area contributed by atoms with Crippen molar-refractivity contribution in [2.75, 3.05) is 12.4 Å². The van der Waals surface area contributed by atoms with Crippen molar-refractivity contribution in [3.8, 4) is 0 Å². The quantitative estimate of drug-likeness (QED) is 0.180. The molecule has 0 radical (unpaired) electrons. The number of amides is 2. The van der Waals surface area contributed by atoms with E-state index in [0.29, 0.717) is 16.3 Å². The molecule has 3 heterocycles. The number of benzene rings is 3. The first kappa shape index (κ1) is 27.4. The van der Waals surface area contributed by atoms with E-state index in [0.717, 1.165) is 11.1 Å². The Balaban J connectivity index is 1.30. The highest BCUT2D eigenvalue weighted by molar-refractivity contribution is 7.99. The molecule has 42 heavy (non-hydrogen) atoms. The van der Waals surface area contributed by atoms with E-state index in [-0.39, 0.29) is 18.1 Å². The topological polar surface area (TPSA) is 129 Å². The Kier molecular flexibility index (Phi) is 7.80. The number of hydrogen-bond acceptors (Lipinski definition) is 9. The highest BCUT2D eigenvalue weighted by Gasteiger charge is 2.55. The van der Waals surface area contributed by atoms with E-state index in [1.807, 2.05) is 60.7 Å². The predicted octanol–water partition coefficient (Wildman–Crippen LogP) is 2.89. The molecule has 3 aromatic carbocycles. The molecule has 0 aliphatic carbocycles. The van der Waals surface area contributed by atoms with E-state index in [4.69, 9.17) is 9.47 Å². The van der Waals surface area contributed by atoms with E-state index in [1.54, 1.807) is 37.4 Å². The number of rotatable bonds is 9. The number of esters is 1. The predicted molar refractivity (Wildman–Crippen MR) is 152 cm³/mol. The Bertz CT molecular complexity index is 1590. The molecule has 2 atom stereocenters. The normalized spacial score (nSPS) is 18.0. The van der Waals surface area contributed by atoms with Crippen LogP contribution in [0.15, 0.2) is 107 Å². The summed E-state index contributed by atoms with van der Waals surface area (Å²) in [6.07, 6.45) is -1.57. The minimum atomic E-state index is -0.948. The third kappa shape index (κ3) is 5.41. The number of aryl methyl sites for hydroxylation is 1. The van der Waals surface area contributed by atoms with Gasteiger partial charge in [0.05, 0.1) is 6.61 Å².